The molecule has 472 valence electrons. The minimum atomic E-state index is -3.31. The van der Waals surface area contributed by atoms with Gasteiger partial charge in [-0.25, -0.2) is 16.8 Å². The highest BCUT2D eigenvalue weighted by Crippen LogP contribution is 2.30. The lowest BCUT2D eigenvalue weighted by Gasteiger charge is -2.26. The number of nitrogens with zero attached hydrogens (tertiary/aromatic N) is 4. The number of anilines is 2. The molecule has 4 fully saturated rings. The number of aliphatic hydroxyl groups is 2. The molecule has 10 rings (SSSR count). The molecular weight excluding hydrogens is 1160 g/mol. The normalized spacial score (nSPS) is 18.2. The van der Waals surface area contributed by atoms with Crippen LogP contribution in [-0.4, -0.2) is 178 Å². The van der Waals surface area contributed by atoms with E-state index in [0.717, 1.165) is 140 Å². The average molecular weight is 1240 g/mol. The van der Waals surface area contributed by atoms with Crippen LogP contribution in [0.1, 0.15) is 81.7 Å². The summed E-state index contributed by atoms with van der Waals surface area (Å²) >= 11 is 0. The van der Waals surface area contributed by atoms with Crippen LogP contribution in [-0.2, 0) is 42.0 Å². The Morgan fingerprint density at radius 2 is 0.852 bits per heavy atom. The lowest BCUT2D eigenvalue weighted by Crippen LogP contribution is -2.38. The number of nitrogens with one attached hydrogen (secondary N) is 2. The molecule has 18 nitrogen and oxygen atoms in total. The van der Waals surface area contributed by atoms with Gasteiger partial charge in [0.1, 0.15) is 24.7 Å². The van der Waals surface area contributed by atoms with E-state index in [-0.39, 0.29) is 46.3 Å². The Morgan fingerprint density at radius 1 is 0.500 bits per heavy atom. The number of benzene rings is 6. The van der Waals surface area contributed by atoms with Gasteiger partial charge in [-0.2, -0.15) is 0 Å². The molecule has 0 unspecified atom stereocenters. The Bertz CT molecular complexity index is 3140. The molecular formula is C68H86N6O12S2. The van der Waals surface area contributed by atoms with Gasteiger partial charge in [-0.3, -0.25) is 19.4 Å². The second kappa shape index (κ2) is 32.0. The van der Waals surface area contributed by atoms with Crippen LogP contribution in [0, 0.1) is 11.8 Å². The molecule has 88 heavy (non-hydrogen) atoms. The minimum Gasteiger partial charge on any atom is -0.492 e. The smallest absolute Gasteiger partial charge is 0.251 e. The van der Waals surface area contributed by atoms with Gasteiger partial charge < -0.3 is 49.6 Å². The number of carbonyl (C=O) groups is 2. The van der Waals surface area contributed by atoms with Crippen molar-refractivity contribution in [2.24, 2.45) is 11.8 Å². The van der Waals surface area contributed by atoms with Crippen LogP contribution >= 0.6 is 0 Å². The molecule has 4 heterocycles. The van der Waals surface area contributed by atoms with Crippen molar-refractivity contribution < 1.29 is 55.6 Å². The molecule has 0 radical (unpaired) electrons. The highest BCUT2D eigenvalue weighted by atomic mass is 32.2. The van der Waals surface area contributed by atoms with Crippen LogP contribution in [0.2, 0.25) is 0 Å². The van der Waals surface area contributed by atoms with E-state index < -0.39 is 31.8 Å². The largest absolute Gasteiger partial charge is 0.492 e. The molecule has 4 aliphatic rings. The van der Waals surface area contributed by atoms with Gasteiger partial charge >= 0.3 is 0 Å². The molecule has 6 aromatic carbocycles. The zero-order valence-electron chi connectivity index (χ0n) is 50.7. The molecule has 0 bridgehead atoms. The summed E-state index contributed by atoms with van der Waals surface area (Å²) in [5.74, 6) is 2.35. The molecule has 0 saturated carbocycles. The number of hydrogen-bond acceptors (Lipinski definition) is 16. The second-order valence-electron chi connectivity index (χ2n) is 23.0. The molecule has 4 N–H and O–H groups in total. The van der Waals surface area contributed by atoms with Gasteiger partial charge in [0.05, 0.1) is 73.0 Å². The van der Waals surface area contributed by atoms with Crippen LogP contribution < -0.4 is 29.9 Å². The molecule has 4 aliphatic heterocycles. The third kappa shape index (κ3) is 18.6. The van der Waals surface area contributed by atoms with Gasteiger partial charge in [-0.1, -0.05) is 62.4 Å². The Hall–Kier alpha value is -6.88. The summed E-state index contributed by atoms with van der Waals surface area (Å²) in [6.45, 7) is 16.7. The number of rotatable bonds is 26. The molecule has 4 atom stereocenters. The highest BCUT2D eigenvalue weighted by Gasteiger charge is 2.26. The van der Waals surface area contributed by atoms with Crippen molar-refractivity contribution in [2.75, 3.05) is 140 Å². The number of amides is 2. The predicted octanol–water partition coefficient (Wildman–Crippen LogP) is 7.45. The first kappa shape index (κ1) is 65.6. The van der Waals surface area contributed by atoms with Crippen LogP contribution in [0.15, 0.2) is 155 Å². The number of carbonyl (C=O) groups excluding carboxylic acids is 2. The number of morpholine rings is 2. The molecule has 4 saturated heterocycles. The van der Waals surface area contributed by atoms with Crippen molar-refractivity contribution in [1.29, 1.82) is 0 Å². The summed E-state index contributed by atoms with van der Waals surface area (Å²) in [5, 5.41) is 25.5. The number of hydrogen-bond donors (Lipinski definition) is 4. The van der Waals surface area contributed by atoms with Gasteiger partial charge in [-0.05, 0) is 157 Å². The molecule has 6 aromatic rings. The predicted molar refractivity (Wildman–Crippen MR) is 342 cm³/mol. The zero-order chi connectivity index (χ0) is 61.9. The van der Waals surface area contributed by atoms with Gasteiger partial charge in [0.2, 0.25) is 0 Å². The number of sulfone groups is 2. The van der Waals surface area contributed by atoms with Crippen LogP contribution in [0.5, 0.6) is 11.5 Å². The average Bonchev–Trinajstić information content (AvgIpc) is 4.38. The zero-order valence-corrected chi connectivity index (χ0v) is 52.4. The van der Waals surface area contributed by atoms with Crippen molar-refractivity contribution in [3.8, 4) is 11.5 Å². The molecule has 0 aromatic heterocycles. The molecule has 0 aliphatic carbocycles. The van der Waals surface area contributed by atoms with Crippen molar-refractivity contribution in [3.63, 3.8) is 0 Å². The maximum absolute atomic E-state index is 13.0. The fourth-order valence-electron chi connectivity index (χ4n) is 11.6. The Balaban J connectivity index is 0.000000209. The number of aliphatic hydroxyl groups excluding tert-OH is 2. The third-order valence-corrected chi connectivity index (χ3v) is 20.5. The van der Waals surface area contributed by atoms with Crippen molar-refractivity contribution >= 4 is 42.9 Å². The Kier molecular flexibility index (Phi) is 23.9. The van der Waals surface area contributed by atoms with Crippen molar-refractivity contribution in [3.05, 3.63) is 179 Å². The summed E-state index contributed by atoms with van der Waals surface area (Å²) < 4.78 is 71.0. The van der Waals surface area contributed by atoms with Crippen molar-refractivity contribution in [1.82, 2.24) is 20.4 Å². The first-order valence-electron chi connectivity index (χ1n) is 30.9. The topological polar surface area (TPSA) is 217 Å². The molecule has 0 spiro atoms. The lowest BCUT2D eigenvalue weighted by molar-refractivity contribution is 0.0321. The summed E-state index contributed by atoms with van der Waals surface area (Å²) in [5.41, 5.74) is 7.07. The van der Waals surface area contributed by atoms with Gasteiger partial charge in [0.25, 0.3) is 11.8 Å². The van der Waals surface area contributed by atoms with E-state index in [9.17, 15) is 36.6 Å². The van der Waals surface area contributed by atoms with E-state index in [1.54, 1.807) is 62.4 Å². The first-order chi connectivity index (χ1) is 42.7. The van der Waals surface area contributed by atoms with E-state index in [1.807, 2.05) is 24.3 Å². The molecule has 2 amide bonds. The minimum absolute atomic E-state index is 0.0147. The summed E-state index contributed by atoms with van der Waals surface area (Å²) in [7, 11) is -6.63. The van der Waals surface area contributed by atoms with E-state index in [1.165, 1.54) is 35.4 Å². The maximum atomic E-state index is 13.0. The third-order valence-electron chi connectivity index (χ3n) is 17.0. The van der Waals surface area contributed by atoms with Gasteiger partial charge in [0, 0.05) is 87.9 Å². The fourth-order valence-corrected chi connectivity index (χ4v) is 13.3. The van der Waals surface area contributed by atoms with Gasteiger partial charge in [0.15, 0.2) is 19.7 Å². The Labute approximate surface area is 519 Å². The lowest BCUT2D eigenvalue weighted by atomic mass is 9.99. The number of ether oxygens (including phenoxy) is 4. The fraction of sp³-hybridized carbons (Fsp3) is 0.441. The Morgan fingerprint density at radius 3 is 1.18 bits per heavy atom. The van der Waals surface area contributed by atoms with E-state index in [4.69, 9.17) is 18.9 Å². The standard InChI is InChI=1S/2C34H43N3O6S/c2*1-2-44(40,41)32-13-7-28(8-14-32)33(25-38)35-34(39)29-5-9-30(10-6-29)37-16-15-27(24-37)23-26-3-11-31(12-4-26)43-22-19-36-17-20-42-21-18-36/h2*3-14,27,33,38H,2,15-25H2,1H3,(H,35,39)/t27-,33+;27-,33-/m10/s1. The van der Waals surface area contributed by atoms with Crippen molar-refractivity contribution in [2.45, 2.75) is 61.4 Å². The second-order valence-corrected chi connectivity index (χ2v) is 27.5. The highest BCUT2D eigenvalue weighted by molar-refractivity contribution is 7.91. The SMILES string of the molecule is CCS(=O)(=O)c1ccc([C@H](CO)NC(=O)c2ccc(N3CC[C@@H](Cc4ccc(OCCN5CCOCC5)cc4)C3)cc2)cc1.CCS(=O)(=O)c1ccc([C@H](CO)NC(=O)c2ccc(N3CC[C@H](Cc4ccc(OCCN5CCOCC5)cc4)C3)cc2)cc1. The summed E-state index contributed by atoms with van der Waals surface area (Å²) in [4.78, 5) is 35.8. The molecule has 20 heteroatoms. The summed E-state index contributed by atoms with van der Waals surface area (Å²) in [6.07, 6.45) is 4.24. The quantitative estimate of drug-likeness (QED) is 0.0415. The van der Waals surface area contributed by atoms with Crippen LogP contribution in [0.25, 0.3) is 0 Å². The maximum Gasteiger partial charge on any atom is 0.251 e. The first-order valence-corrected chi connectivity index (χ1v) is 34.2. The monoisotopic (exact) mass is 1240 g/mol. The van der Waals surface area contributed by atoms with E-state index in [0.29, 0.717) is 47.3 Å². The van der Waals surface area contributed by atoms with Crippen LogP contribution in [0.4, 0.5) is 11.4 Å². The van der Waals surface area contributed by atoms with Crippen LogP contribution in [0.3, 0.4) is 0 Å². The summed E-state index contributed by atoms with van der Waals surface area (Å²) in [6, 6.07) is 43.3. The van der Waals surface area contributed by atoms with E-state index >= 15 is 0 Å². The van der Waals surface area contributed by atoms with Gasteiger partial charge in [-0.15, -0.1) is 0 Å². The van der Waals surface area contributed by atoms with E-state index in [2.05, 4.69) is 78.8 Å².